The summed E-state index contributed by atoms with van der Waals surface area (Å²) in [5.74, 6) is 0.328. The van der Waals surface area contributed by atoms with Crippen LogP contribution >= 0.6 is 0 Å². The first-order chi connectivity index (χ1) is 8.81. The molecule has 3 N–H and O–H groups in total. The first-order valence-electron chi connectivity index (χ1n) is 7.15. The lowest BCUT2D eigenvalue weighted by molar-refractivity contribution is -0.137. The van der Waals surface area contributed by atoms with Crippen molar-refractivity contribution in [1.29, 1.82) is 0 Å². The van der Waals surface area contributed by atoms with Gasteiger partial charge in [0, 0.05) is 25.6 Å². The summed E-state index contributed by atoms with van der Waals surface area (Å²) in [6, 6.07) is -0.361. The van der Waals surface area contributed by atoms with E-state index in [9.17, 15) is 9.59 Å². The molecule has 0 saturated carbocycles. The Morgan fingerprint density at radius 2 is 1.95 bits per heavy atom. The summed E-state index contributed by atoms with van der Waals surface area (Å²) >= 11 is 0. The van der Waals surface area contributed by atoms with E-state index in [1.165, 1.54) is 0 Å². The van der Waals surface area contributed by atoms with Crippen LogP contribution in [0.1, 0.15) is 40.5 Å². The summed E-state index contributed by atoms with van der Waals surface area (Å²) in [5.41, 5.74) is 5.83. The van der Waals surface area contributed by atoms with Crippen LogP contribution in [0, 0.1) is 11.8 Å². The summed E-state index contributed by atoms with van der Waals surface area (Å²) in [6.07, 6.45) is 1.30. The molecule has 0 spiro atoms. The van der Waals surface area contributed by atoms with Gasteiger partial charge in [0.15, 0.2) is 0 Å². The van der Waals surface area contributed by atoms with Crippen molar-refractivity contribution in [2.75, 3.05) is 13.1 Å². The number of nitrogens with two attached hydrogens (primary N) is 1. The lowest BCUT2D eigenvalue weighted by Gasteiger charge is -2.27. The summed E-state index contributed by atoms with van der Waals surface area (Å²) < 4.78 is 0. The second-order valence-corrected chi connectivity index (χ2v) is 6.22. The van der Waals surface area contributed by atoms with Crippen LogP contribution in [-0.4, -0.2) is 41.9 Å². The SMILES string of the molecule is CC(C)CC(=O)NC(C(=O)N1CC[C@@H](N)C1)C(C)C. The summed E-state index contributed by atoms with van der Waals surface area (Å²) in [7, 11) is 0. The number of likely N-dealkylation sites (tertiary alicyclic amines) is 1. The van der Waals surface area contributed by atoms with Gasteiger partial charge >= 0.3 is 0 Å². The van der Waals surface area contributed by atoms with Crippen LogP contribution in [0.3, 0.4) is 0 Å². The van der Waals surface area contributed by atoms with Gasteiger partial charge in [0.1, 0.15) is 6.04 Å². The van der Waals surface area contributed by atoms with Crippen LogP contribution < -0.4 is 11.1 Å². The van der Waals surface area contributed by atoms with Gasteiger partial charge in [-0.2, -0.15) is 0 Å². The highest BCUT2D eigenvalue weighted by atomic mass is 16.2. The highest BCUT2D eigenvalue weighted by molar-refractivity contribution is 5.88. The van der Waals surface area contributed by atoms with Gasteiger partial charge in [-0.05, 0) is 18.3 Å². The molecule has 2 amide bonds. The first-order valence-corrected chi connectivity index (χ1v) is 7.15. The predicted molar refractivity (Wildman–Crippen MR) is 75.4 cm³/mol. The van der Waals surface area contributed by atoms with Crippen molar-refractivity contribution in [2.45, 2.75) is 52.6 Å². The highest BCUT2D eigenvalue weighted by Crippen LogP contribution is 2.13. The van der Waals surface area contributed by atoms with E-state index < -0.39 is 6.04 Å². The Labute approximate surface area is 115 Å². The zero-order valence-electron chi connectivity index (χ0n) is 12.5. The molecule has 1 heterocycles. The average molecular weight is 269 g/mol. The van der Waals surface area contributed by atoms with Crippen molar-refractivity contribution in [3.63, 3.8) is 0 Å². The summed E-state index contributed by atoms with van der Waals surface area (Å²) in [5, 5.41) is 2.87. The summed E-state index contributed by atoms with van der Waals surface area (Å²) in [6.45, 7) is 9.18. The van der Waals surface area contributed by atoms with Gasteiger partial charge in [-0.3, -0.25) is 9.59 Å². The maximum absolute atomic E-state index is 12.4. The van der Waals surface area contributed by atoms with Gasteiger partial charge in [-0.15, -0.1) is 0 Å². The molecular formula is C14H27N3O2. The van der Waals surface area contributed by atoms with Gasteiger partial charge in [-0.25, -0.2) is 0 Å². The van der Waals surface area contributed by atoms with Crippen molar-refractivity contribution in [2.24, 2.45) is 17.6 Å². The van der Waals surface area contributed by atoms with Crippen LogP contribution in [-0.2, 0) is 9.59 Å². The zero-order chi connectivity index (χ0) is 14.6. The Hall–Kier alpha value is -1.10. The fraction of sp³-hybridized carbons (Fsp3) is 0.857. The van der Waals surface area contributed by atoms with E-state index in [1.807, 2.05) is 27.7 Å². The van der Waals surface area contributed by atoms with E-state index in [2.05, 4.69) is 5.32 Å². The fourth-order valence-electron chi connectivity index (χ4n) is 2.30. The maximum atomic E-state index is 12.4. The largest absolute Gasteiger partial charge is 0.344 e. The third-order valence-corrected chi connectivity index (χ3v) is 3.38. The smallest absolute Gasteiger partial charge is 0.245 e. The number of amides is 2. The quantitative estimate of drug-likeness (QED) is 0.772. The van der Waals surface area contributed by atoms with E-state index in [-0.39, 0.29) is 23.8 Å². The summed E-state index contributed by atoms with van der Waals surface area (Å²) in [4.78, 5) is 26.0. The van der Waals surface area contributed by atoms with Gasteiger partial charge in [0.25, 0.3) is 0 Å². The Bertz CT molecular complexity index is 329. The molecule has 1 fully saturated rings. The molecule has 0 radical (unpaired) electrons. The second kappa shape index (κ2) is 6.89. The van der Waals surface area contributed by atoms with Crippen LogP contribution in [0.25, 0.3) is 0 Å². The van der Waals surface area contributed by atoms with Crippen molar-refractivity contribution in [3.8, 4) is 0 Å². The third-order valence-electron chi connectivity index (χ3n) is 3.38. The molecule has 110 valence electrons. The minimum atomic E-state index is -0.434. The van der Waals surface area contributed by atoms with Gasteiger partial charge < -0.3 is 16.0 Å². The van der Waals surface area contributed by atoms with Gasteiger partial charge in [0.05, 0.1) is 0 Å². The lowest BCUT2D eigenvalue weighted by atomic mass is 10.0. The van der Waals surface area contributed by atoms with E-state index >= 15 is 0 Å². The van der Waals surface area contributed by atoms with E-state index in [0.717, 1.165) is 6.42 Å². The molecule has 0 aromatic heterocycles. The molecule has 1 rings (SSSR count). The molecule has 1 aliphatic rings. The molecule has 0 aliphatic carbocycles. The molecule has 1 saturated heterocycles. The van der Waals surface area contributed by atoms with Crippen molar-refractivity contribution < 1.29 is 9.59 Å². The Morgan fingerprint density at radius 3 is 2.37 bits per heavy atom. The van der Waals surface area contributed by atoms with E-state index in [0.29, 0.717) is 25.4 Å². The topological polar surface area (TPSA) is 75.4 Å². The third kappa shape index (κ3) is 4.82. The number of carbonyl (C=O) groups excluding carboxylic acids is 2. The van der Waals surface area contributed by atoms with Crippen molar-refractivity contribution in [1.82, 2.24) is 10.2 Å². The molecule has 19 heavy (non-hydrogen) atoms. The Kier molecular flexibility index (Phi) is 5.79. The van der Waals surface area contributed by atoms with Gasteiger partial charge in [0.2, 0.25) is 11.8 Å². The number of hydrogen-bond donors (Lipinski definition) is 2. The molecule has 0 bridgehead atoms. The van der Waals surface area contributed by atoms with Gasteiger partial charge in [-0.1, -0.05) is 27.7 Å². The van der Waals surface area contributed by atoms with Crippen LogP contribution in [0.4, 0.5) is 0 Å². The highest BCUT2D eigenvalue weighted by Gasteiger charge is 2.32. The number of nitrogens with zero attached hydrogens (tertiary/aromatic N) is 1. The van der Waals surface area contributed by atoms with Crippen molar-refractivity contribution in [3.05, 3.63) is 0 Å². The Morgan fingerprint density at radius 1 is 1.32 bits per heavy atom. The van der Waals surface area contributed by atoms with Crippen LogP contribution in [0.5, 0.6) is 0 Å². The number of carbonyl (C=O) groups is 2. The standard InChI is InChI=1S/C14H27N3O2/c1-9(2)7-12(18)16-13(10(3)4)14(19)17-6-5-11(15)8-17/h9-11,13H,5-8,15H2,1-4H3,(H,16,18)/t11-,13?/m1/s1. The molecular weight excluding hydrogens is 242 g/mol. The fourth-order valence-corrected chi connectivity index (χ4v) is 2.30. The van der Waals surface area contributed by atoms with E-state index in [1.54, 1.807) is 4.90 Å². The maximum Gasteiger partial charge on any atom is 0.245 e. The molecule has 5 heteroatoms. The predicted octanol–water partition coefficient (Wildman–Crippen LogP) is 0.733. The Balaban J connectivity index is 2.61. The van der Waals surface area contributed by atoms with Crippen LogP contribution in [0.2, 0.25) is 0 Å². The zero-order valence-corrected chi connectivity index (χ0v) is 12.5. The number of rotatable bonds is 5. The molecule has 2 atom stereocenters. The van der Waals surface area contributed by atoms with Crippen LogP contribution in [0.15, 0.2) is 0 Å². The first kappa shape index (κ1) is 16.0. The minimum absolute atomic E-state index is 0.0000520. The van der Waals surface area contributed by atoms with Crippen molar-refractivity contribution >= 4 is 11.8 Å². The molecule has 1 unspecified atom stereocenters. The monoisotopic (exact) mass is 269 g/mol. The minimum Gasteiger partial charge on any atom is -0.344 e. The molecule has 0 aromatic rings. The number of hydrogen-bond acceptors (Lipinski definition) is 3. The lowest BCUT2D eigenvalue weighted by Crippen LogP contribution is -2.51. The second-order valence-electron chi connectivity index (χ2n) is 6.22. The normalized spacial score (nSPS) is 21.0. The molecule has 1 aliphatic heterocycles. The van der Waals surface area contributed by atoms with E-state index in [4.69, 9.17) is 5.73 Å². The molecule has 5 nitrogen and oxygen atoms in total. The number of nitrogens with one attached hydrogen (secondary N) is 1. The molecule has 0 aromatic carbocycles. The average Bonchev–Trinajstić information content (AvgIpc) is 2.70.